The van der Waals surface area contributed by atoms with Crippen LogP contribution in [0.25, 0.3) is 0 Å². The molecular formula is C57H86N6O15. The molecule has 434 valence electrons. The van der Waals surface area contributed by atoms with Gasteiger partial charge in [0.15, 0.2) is 17.9 Å². The number of nitrogens with two attached hydrogens (primary N) is 1. The van der Waals surface area contributed by atoms with Gasteiger partial charge in [-0.2, -0.15) is 0 Å². The third kappa shape index (κ3) is 19.1. The number of likely N-dealkylation sites (tertiary alicyclic amines) is 1. The molecule has 3 rings (SSSR count). The van der Waals surface area contributed by atoms with Crippen molar-refractivity contribution in [1.82, 2.24) is 25.3 Å². The number of likely N-dealkylation sites (N-methyl/N-ethyl adjacent to an activating group) is 2. The van der Waals surface area contributed by atoms with Crippen LogP contribution in [-0.2, 0) is 65.6 Å². The van der Waals surface area contributed by atoms with Crippen molar-refractivity contribution in [2.75, 3.05) is 27.7 Å². The molecule has 2 aromatic rings. The first-order chi connectivity index (χ1) is 36.6. The Bertz CT molecular complexity index is 2330. The Kier molecular flexibility index (Phi) is 26.2. The van der Waals surface area contributed by atoms with E-state index in [-0.39, 0.29) is 56.6 Å². The van der Waals surface area contributed by atoms with Gasteiger partial charge in [-0.25, -0.2) is 14.4 Å². The second-order valence-corrected chi connectivity index (χ2v) is 21.7. The van der Waals surface area contributed by atoms with Gasteiger partial charge in [-0.1, -0.05) is 104 Å². The first-order valence-corrected chi connectivity index (χ1v) is 27.0. The Hall–Kier alpha value is -6.61. The summed E-state index contributed by atoms with van der Waals surface area (Å²) in [4.78, 5) is 128. The van der Waals surface area contributed by atoms with Gasteiger partial charge in [-0.05, 0) is 86.5 Å². The molecule has 1 heterocycles. The number of esters is 2. The van der Waals surface area contributed by atoms with Crippen LogP contribution >= 0.6 is 0 Å². The summed E-state index contributed by atoms with van der Waals surface area (Å²) >= 11 is 0. The summed E-state index contributed by atoms with van der Waals surface area (Å²) < 4.78 is 22.1. The van der Waals surface area contributed by atoms with Crippen LogP contribution in [0.1, 0.15) is 119 Å². The molecule has 1 aliphatic heterocycles. The molecule has 21 heteroatoms. The third-order valence-corrected chi connectivity index (χ3v) is 14.2. The minimum absolute atomic E-state index is 0.0698. The number of carbonyl (C=O) groups is 9. The molecule has 1 fully saturated rings. The lowest BCUT2D eigenvalue weighted by atomic mass is 9.92. The molecule has 21 nitrogen and oxygen atoms in total. The molecule has 0 spiro atoms. The molecule has 0 saturated carbocycles. The quantitative estimate of drug-likeness (QED) is 0.0404. The van der Waals surface area contributed by atoms with Crippen molar-refractivity contribution >= 4 is 53.4 Å². The molecule has 5 amide bonds. The monoisotopic (exact) mass is 1090 g/mol. The van der Waals surface area contributed by atoms with Gasteiger partial charge in [0.2, 0.25) is 23.6 Å². The SMILES string of the molecule is CC[C@@H](C)[C@@H](N)[C@@H](O)CC(=O)O[C@@H](C(=O)[C@H](C)C(=O)N[C@@H](CC(C)C)C(=O)N1CCC[C@H]1C(=O)N(C)[C@@H](Cc1ccc(OC)cc1)C(=O)O[C@H](C)[C@H](NC(=O)[C@@H](CC(C)C)N(C)C(=O)OCc1ccccc1)C(=O)O)C(C)C. The molecular weight excluding hydrogens is 1010 g/mol. The van der Waals surface area contributed by atoms with Gasteiger partial charge in [0.25, 0.3) is 0 Å². The van der Waals surface area contributed by atoms with Gasteiger partial charge in [0.05, 0.1) is 25.6 Å². The predicted octanol–water partition coefficient (Wildman–Crippen LogP) is 4.67. The van der Waals surface area contributed by atoms with Crippen molar-refractivity contribution in [3.8, 4) is 5.75 Å². The highest BCUT2D eigenvalue weighted by molar-refractivity contribution is 6.05. The molecule has 0 bridgehead atoms. The summed E-state index contributed by atoms with van der Waals surface area (Å²) in [5, 5.41) is 26.2. The molecule has 0 aliphatic carbocycles. The number of amides is 5. The number of ether oxygens (including phenoxy) is 4. The van der Waals surface area contributed by atoms with Crippen molar-refractivity contribution in [3.05, 3.63) is 65.7 Å². The van der Waals surface area contributed by atoms with Crippen molar-refractivity contribution in [2.45, 2.75) is 175 Å². The predicted molar refractivity (Wildman–Crippen MR) is 289 cm³/mol. The number of aliphatic hydroxyl groups is 1. The second kappa shape index (κ2) is 31.1. The number of nitrogens with zero attached hydrogens (tertiary/aromatic N) is 3. The number of aliphatic carboxylic acids is 1. The lowest BCUT2D eigenvalue weighted by Gasteiger charge is -2.35. The maximum Gasteiger partial charge on any atom is 0.410 e. The maximum atomic E-state index is 14.7. The highest BCUT2D eigenvalue weighted by Gasteiger charge is 2.44. The Morgan fingerprint density at radius 3 is 1.95 bits per heavy atom. The summed E-state index contributed by atoms with van der Waals surface area (Å²) in [5.41, 5.74) is 7.39. The minimum atomic E-state index is -1.81. The van der Waals surface area contributed by atoms with Gasteiger partial charge < -0.3 is 55.3 Å². The molecule has 0 aromatic heterocycles. The Labute approximate surface area is 459 Å². The highest BCUT2D eigenvalue weighted by Crippen LogP contribution is 2.26. The number of aliphatic hydroxyl groups excluding tert-OH is 1. The standard InChI is InChI=1S/C57H86N6O15/c1-14-35(8)47(58)45(64)30-46(65)78-50(34(6)7)49(66)36(9)51(67)59-41(27-32(2)3)53(69)63-26-18-21-42(63)54(70)61(11)44(29-38-22-24-40(75-13)25-23-38)56(73)77-37(10)48(55(71)72)60-52(68)43(28-33(4)5)62(12)57(74)76-31-39-19-16-15-17-20-39/h15-17,19-20,22-25,32-37,41-45,47-48,50,64H,14,18,21,26-31,58H2,1-13H3,(H,59,67)(H,60,68)(H,71,72)/t35-,36+,37-,41+,42+,43-,44+,45+,47-,48+,50-/m1/s1. The van der Waals surface area contributed by atoms with Gasteiger partial charge in [-0.3, -0.25) is 33.7 Å². The van der Waals surface area contributed by atoms with Gasteiger partial charge in [-0.15, -0.1) is 0 Å². The van der Waals surface area contributed by atoms with Crippen molar-refractivity contribution < 1.29 is 72.3 Å². The number of rotatable bonds is 30. The summed E-state index contributed by atoms with van der Waals surface area (Å²) in [6.45, 7) is 17.0. The zero-order valence-corrected chi connectivity index (χ0v) is 47.8. The topological polar surface area (TPSA) is 291 Å². The summed E-state index contributed by atoms with van der Waals surface area (Å²) in [5.74, 6) is -8.86. The largest absolute Gasteiger partial charge is 0.497 e. The zero-order chi connectivity index (χ0) is 58.7. The average molecular weight is 1100 g/mol. The van der Waals surface area contributed by atoms with E-state index in [0.717, 1.165) is 9.80 Å². The van der Waals surface area contributed by atoms with E-state index in [9.17, 15) is 53.4 Å². The third-order valence-electron chi connectivity index (χ3n) is 14.2. The number of Topliss-reactive ketones (excluding diaryl/α,β-unsaturated/α-hetero) is 1. The first-order valence-electron chi connectivity index (χ1n) is 27.0. The number of carboxylic acid groups (broad SMARTS) is 1. The number of nitrogens with one attached hydrogen (secondary N) is 2. The van der Waals surface area contributed by atoms with Crippen LogP contribution in [0.4, 0.5) is 4.79 Å². The van der Waals surface area contributed by atoms with Crippen molar-refractivity contribution in [2.24, 2.45) is 35.3 Å². The fraction of sp³-hybridized carbons (Fsp3) is 0.632. The molecule has 6 N–H and O–H groups in total. The molecule has 11 atom stereocenters. The highest BCUT2D eigenvalue weighted by atomic mass is 16.6. The Morgan fingerprint density at radius 2 is 1.40 bits per heavy atom. The van der Waals surface area contributed by atoms with Gasteiger partial charge in [0.1, 0.15) is 42.6 Å². The number of hydrogen-bond acceptors (Lipinski definition) is 15. The maximum absolute atomic E-state index is 14.7. The van der Waals surface area contributed by atoms with E-state index in [0.29, 0.717) is 29.7 Å². The lowest BCUT2D eigenvalue weighted by molar-refractivity contribution is -0.164. The number of carboxylic acids is 1. The molecule has 1 saturated heterocycles. The fourth-order valence-electron chi connectivity index (χ4n) is 9.07. The van der Waals surface area contributed by atoms with Crippen LogP contribution < -0.4 is 21.1 Å². The number of hydrogen-bond donors (Lipinski definition) is 5. The van der Waals surface area contributed by atoms with Crippen LogP contribution in [0.15, 0.2) is 54.6 Å². The van der Waals surface area contributed by atoms with E-state index in [1.54, 1.807) is 62.4 Å². The van der Waals surface area contributed by atoms with Gasteiger partial charge >= 0.3 is 24.0 Å². The van der Waals surface area contributed by atoms with Crippen LogP contribution in [0, 0.1) is 29.6 Å². The van der Waals surface area contributed by atoms with Crippen LogP contribution in [0.5, 0.6) is 5.75 Å². The van der Waals surface area contributed by atoms with Crippen LogP contribution in [-0.4, -0.2) is 161 Å². The van der Waals surface area contributed by atoms with Crippen molar-refractivity contribution in [3.63, 3.8) is 0 Å². The average Bonchev–Trinajstić information content (AvgIpc) is 3.90. The molecule has 0 radical (unpaired) electrons. The van der Waals surface area contributed by atoms with E-state index in [2.05, 4.69) is 10.6 Å². The normalized spacial score (nSPS) is 17.3. The number of benzene rings is 2. The number of methoxy groups -OCH3 is 1. The van der Waals surface area contributed by atoms with Crippen LogP contribution in [0.2, 0.25) is 0 Å². The van der Waals surface area contributed by atoms with E-state index in [1.165, 1.54) is 40.0 Å². The molecule has 0 unspecified atom stereocenters. The summed E-state index contributed by atoms with van der Waals surface area (Å²) in [6.07, 6.45) is -4.02. The molecule has 2 aromatic carbocycles. The van der Waals surface area contributed by atoms with E-state index in [1.807, 2.05) is 47.6 Å². The first kappa shape index (κ1) is 65.7. The minimum Gasteiger partial charge on any atom is -0.497 e. The lowest BCUT2D eigenvalue weighted by Crippen LogP contribution is -2.58. The Morgan fingerprint density at radius 1 is 0.782 bits per heavy atom. The molecule has 1 aliphatic rings. The van der Waals surface area contributed by atoms with Gasteiger partial charge in [0, 0.05) is 33.1 Å². The zero-order valence-electron chi connectivity index (χ0n) is 47.8. The van der Waals surface area contributed by atoms with E-state index in [4.69, 9.17) is 24.7 Å². The Balaban J connectivity index is 1.87. The van der Waals surface area contributed by atoms with E-state index < -0.39 is 126 Å². The second-order valence-electron chi connectivity index (χ2n) is 21.7. The number of ketones is 1. The smallest absolute Gasteiger partial charge is 0.410 e. The van der Waals surface area contributed by atoms with Crippen LogP contribution in [0.3, 0.4) is 0 Å². The van der Waals surface area contributed by atoms with Crippen molar-refractivity contribution in [1.29, 1.82) is 0 Å². The van der Waals surface area contributed by atoms with E-state index >= 15 is 0 Å². The summed E-state index contributed by atoms with van der Waals surface area (Å²) in [6, 6.07) is 8.15. The summed E-state index contributed by atoms with van der Waals surface area (Å²) in [7, 11) is 4.21. The molecule has 78 heavy (non-hydrogen) atoms. The number of carbonyl (C=O) groups excluding carboxylic acids is 8. The fourth-order valence-corrected chi connectivity index (χ4v) is 9.07.